The Labute approximate surface area is 157 Å². The highest BCUT2D eigenvalue weighted by molar-refractivity contribution is 5.77. The summed E-state index contributed by atoms with van der Waals surface area (Å²) < 4.78 is 1.94. The van der Waals surface area contributed by atoms with Crippen LogP contribution in [0, 0.1) is 20.8 Å². The Hall–Kier alpha value is -3.47. The SMILES string of the molecule is Cc1ccc(-c2nc3c(C)cccn3c2N=Nc2ccccc2O)c(C)c1. The average molecular weight is 356 g/mol. The van der Waals surface area contributed by atoms with Gasteiger partial charge in [-0.05, 0) is 50.1 Å². The number of aromatic nitrogens is 2. The van der Waals surface area contributed by atoms with Gasteiger partial charge in [-0.25, -0.2) is 4.98 Å². The molecule has 2 aromatic heterocycles. The number of aryl methyl sites for hydroxylation is 3. The third-order valence-corrected chi connectivity index (χ3v) is 4.59. The molecule has 0 fully saturated rings. The molecule has 0 aliphatic rings. The van der Waals surface area contributed by atoms with Gasteiger partial charge >= 0.3 is 0 Å². The highest BCUT2D eigenvalue weighted by atomic mass is 16.3. The number of benzene rings is 2. The van der Waals surface area contributed by atoms with Crippen LogP contribution in [-0.2, 0) is 0 Å². The Morgan fingerprint density at radius 2 is 1.70 bits per heavy atom. The fraction of sp³-hybridized carbons (Fsp3) is 0.136. The van der Waals surface area contributed by atoms with Crippen LogP contribution in [0.2, 0.25) is 0 Å². The molecule has 2 aromatic carbocycles. The number of pyridine rings is 1. The van der Waals surface area contributed by atoms with Crippen molar-refractivity contribution in [2.45, 2.75) is 20.8 Å². The Morgan fingerprint density at radius 1 is 0.889 bits per heavy atom. The van der Waals surface area contributed by atoms with Crippen LogP contribution in [0.5, 0.6) is 5.75 Å². The van der Waals surface area contributed by atoms with Crippen LogP contribution >= 0.6 is 0 Å². The van der Waals surface area contributed by atoms with Crippen LogP contribution in [0.3, 0.4) is 0 Å². The van der Waals surface area contributed by atoms with Gasteiger partial charge in [-0.3, -0.25) is 4.40 Å². The fourth-order valence-corrected chi connectivity index (χ4v) is 3.20. The smallest absolute Gasteiger partial charge is 0.187 e. The van der Waals surface area contributed by atoms with Gasteiger partial charge in [-0.2, -0.15) is 0 Å². The predicted molar refractivity (Wildman–Crippen MR) is 107 cm³/mol. The molecule has 0 bridgehead atoms. The molecule has 0 aliphatic heterocycles. The van der Waals surface area contributed by atoms with E-state index in [1.807, 2.05) is 35.7 Å². The molecule has 0 unspecified atom stereocenters. The van der Waals surface area contributed by atoms with Crippen molar-refractivity contribution in [3.63, 3.8) is 0 Å². The quantitative estimate of drug-likeness (QED) is 0.454. The molecule has 134 valence electrons. The summed E-state index contributed by atoms with van der Waals surface area (Å²) in [6.45, 7) is 6.17. The lowest BCUT2D eigenvalue weighted by Crippen LogP contribution is -1.86. The molecule has 0 saturated heterocycles. The van der Waals surface area contributed by atoms with Crippen molar-refractivity contribution in [3.8, 4) is 17.0 Å². The van der Waals surface area contributed by atoms with Gasteiger partial charge in [-0.1, -0.05) is 42.0 Å². The molecule has 0 spiro atoms. The van der Waals surface area contributed by atoms with Crippen LogP contribution in [0.25, 0.3) is 16.9 Å². The molecule has 0 saturated carbocycles. The molecule has 0 amide bonds. The van der Waals surface area contributed by atoms with Gasteiger partial charge in [-0.15, -0.1) is 10.2 Å². The lowest BCUT2D eigenvalue weighted by Gasteiger charge is -2.05. The number of aromatic hydroxyl groups is 1. The molecule has 2 heterocycles. The summed E-state index contributed by atoms with van der Waals surface area (Å²) in [5.74, 6) is 0.739. The van der Waals surface area contributed by atoms with Crippen LogP contribution in [0.4, 0.5) is 11.5 Å². The molecular weight excluding hydrogens is 336 g/mol. The van der Waals surface area contributed by atoms with E-state index >= 15 is 0 Å². The van der Waals surface area contributed by atoms with Crippen LogP contribution < -0.4 is 0 Å². The van der Waals surface area contributed by atoms with Crippen molar-refractivity contribution in [2.24, 2.45) is 10.2 Å². The van der Waals surface area contributed by atoms with Gasteiger partial charge in [0.25, 0.3) is 0 Å². The van der Waals surface area contributed by atoms with Crippen molar-refractivity contribution >= 4 is 17.2 Å². The number of para-hydroxylation sites is 1. The van der Waals surface area contributed by atoms with Gasteiger partial charge in [0.15, 0.2) is 5.82 Å². The van der Waals surface area contributed by atoms with Gasteiger partial charge < -0.3 is 5.11 Å². The monoisotopic (exact) mass is 356 g/mol. The van der Waals surface area contributed by atoms with Gasteiger partial charge in [0, 0.05) is 11.8 Å². The number of azo groups is 1. The van der Waals surface area contributed by atoms with E-state index in [-0.39, 0.29) is 5.75 Å². The zero-order valence-corrected chi connectivity index (χ0v) is 15.5. The zero-order chi connectivity index (χ0) is 19.0. The van der Waals surface area contributed by atoms with E-state index in [2.05, 4.69) is 42.3 Å². The van der Waals surface area contributed by atoms with E-state index in [1.54, 1.807) is 18.2 Å². The molecule has 4 rings (SSSR count). The van der Waals surface area contributed by atoms with E-state index in [9.17, 15) is 5.11 Å². The zero-order valence-electron chi connectivity index (χ0n) is 15.5. The third kappa shape index (κ3) is 3.08. The van der Waals surface area contributed by atoms with Gasteiger partial charge in [0.05, 0.1) is 0 Å². The topological polar surface area (TPSA) is 62.2 Å². The minimum atomic E-state index is 0.0966. The molecular formula is C22H20N4O. The second-order valence-electron chi connectivity index (χ2n) is 6.68. The first-order valence-electron chi connectivity index (χ1n) is 8.79. The van der Waals surface area contributed by atoms with E-state index < -0.39 is 0 Å². The maximum absolute atomic E-state index is 9.98. The lowest BCUT2D eigenvalue weighted by atomic mass is 10.0. The van der Waals surface area contributed by atoms with Crippen LogP contribution in [-0.4, -0.2) is 14.5 Å². The maximum Gasteiger partial charge on any atom is 0.187 e. The summed E-state index contributed by atoms with van der Waals surface area (Å²) in [5.41, 5.74) is 6.47. The molecule has 0 radical (unpaired) electrons. The van der Waals surface area contributed by atoms with Gasteiger partial charge in [0.2, 0.25) is 0 Å². The highest BCUT2D eigenvalue weighted by Crippen LogP contribution is 2.36. The van der Waals surface area contributed by atoms with Crippen molar-refractivity contribution < 1.29 is 5.11 Å². The number of hydrogen-bond donors (Lipinski definition) is 1. The molecule has 0 atom stereocenters. The molecule has 1 N–H and O–H groups in total. The van der Waals surface area contributed by atoms with Crippen molar-refractivity contribution in [1.29, 1.82) is 0 Å². The molecule has 5 heteroatoms. The Balaban J connectivity index is 1.95. The fourth-order valence-electron chi connectivity index (χ4n) is 3.20. The Morgan fingerprint density at radius 3 is 2.48 bits per heavy atom. The number of hydrogen-bond acceptors (Lipinski definition) is 4. The number of phenolic OH excluding ortho intramolecular Hbond substituents is 1. The van der Waals surface area contributed by atoms with E-state index in [0.717, 1.165) is 28.0 Å². The highest BCUT2D eigenvalue weighted by Gasteiger charge is 2.17. The first-order valence-corrected chi connectivity index (χ1v) is 8.79. The van der Waals surface area contributed by atoms with E-state index in [1.165, 1.54) is 5.56 Å². The number of fused-ring (bicyclic) bond motifs is 1. The maximum atomic E-state index is 9.98. The summed E-state index contributed by atoms with van der Waals surface area (Å²) in [6.07, 6.45) is 1.93. The summed E-state index contributed by atoms with van der Waals surface area (Å²) in [5, 5.41) is 18.7. The number of nitrogens with zero attached hydrogens (tertiary/aromatic N) is 4. The van der Waals surface area contributed by atoms with Crippen LogP contribution in [0.1, 0.15) is 16.7 Å². The Bertz CT molecular complexity index is 1170. The van der Waals surface area contributed by atoms with E-state index in [0.29, 0.717) is 11.5 Å². The normalized spacial score (nSPS) is 11.5. The van der Waals surface area contributed by atoms with Crippen molar-refractivity contribution in [2.75, 3.05) is 0 Å². The summed E-state index contributed by atoms with van der Waals surface area (Å²) in [6, 6.07) is 17.2. The number of rotatable bonds is 3. The molecule has 0 aliphatic carbocycles. The largest absolute Gasteiger partial charge is 0.506 e. The molecule has 27 heavy (non-hydrogen) atoms. The minimum absolute atomic E-state index is 0.0966. The number of imidazole rings is 1. The summed E-state index contributed by atoms with van der Waals surface area (Å²) >= 11 is 0. The van der Waals surface area contributed by atoms with Crippen molar-refractivity contribution in [1.82, 2.24) is 9.38 Å². The Kier molecular flexibility index (Phi) is 4.20. The van der Waals surface area contributed by atoms with E-state index in [4.69, 9.17) is 4.98 Å². The third-order valence-electron chi connectivity index (χ3n) is 4.59. The predicted octanol–water partition coefficient (Wildman–Crippen LogP) is 6.05. The average Bonchev–Trinajstić information content (AvgIpc) is 3.01. The second kappa shape index (κ2) is 6.68. The molecule has 5 nitrogen and oxygen atoms in total. The first kappa shape index (κ1) is 17.0. The van der Waals surface area contributed by atoms with Crippen molar-refractivity contribution in [3.05, 3.63) is 77.5 Å². The standard InChI is InChI=1S/C22H20N4O/c1-14-10-11-17(16(3)13-14)20-22(25-24-18-8-4-5-9-19(18)27)26-12-6-7-15(2)21(26)23-20/h4-13,27H,1-3H3. The minimum Gasteiger partial charge on any atom is -0.506 e. The molecule has 4 aromatic rings. The first-order chi connectivity index (χ1) is 13.0. The second-order valence-corrected chi connectivity index (χ2v) is 6.68. The number of phenols is 1. The lowest BCUT2D eigenvalue weighted by molar-refractivity contribution is 0.476. The summed E-state index contributed by atoms with van der Waals surface area (Å²) in [7, 11) is 0. The summed E-state index contributed by atoms with van der Waals surface area (Å²) in [4.78, 5) is 4.85. The van der Waals surface area contributed by atoms with Gasteiger partial charge in [0.1, 0.15) is 22.8 Å². The van der Waals surface area contributed by atoms with Crippen LogP contribution in [0.15, 0.2) is 71.0 Å².